The molecule has 3 N–H and O–H groups in total. The second-order valence-corrected chi connectivity index (χ2v) is 4.74. The first kappa shape index (κ1) is 17.9. The van der Waals surface area contributed by atoms with Crippen molar-refractivity contribution >= 4 is 17.7 Å². The molecular formula is C16H17N3O6. The van der Waals surface area contributed by atoms with Crippen molar-refractivity contribution < 1.29 is 28.3 Å². The number of ether oxygens (including phenoxy) is 2. The van der Waals surface area contributed by atoms with Crippen LogP contribution >= 0.6 is 0 Å². The van der Waals surface area contributed by atoms with Crippen LogP contribution in [0.15, 0.2) is 41.0 Å². The van der Waals surface area contributed by atoms with E-state index in [2.05, 4.69) is 10.7 Å². The number of rotatable bonds is 5. The van der Waals surface area contributed by atoms with Crippen molar-refractivity contribution in [2.45, 2.75) is 6.54 Å². The maximum Gasteiger partial charge on any atom is 0.327 e. The van der Waals surface area contributed by atoms with E-state index in [-0.39, 0.29) is 12.1 Å². The van der Waals surface area contributed by atoms with Gasteiger partial charge in [-0.2, -0.15) is 0 Å². The molecule has 0 saturated carbocycles. The van der Waals surface area contributed by atoms with E-state index in [1.165, 1.54) is 32.6 Å². The van der Waals surface area contributed by atoms with Crippen LogP contribution in [0.4, 0.5) is 0 Å². The Morgan fingerprint density at radius 3 is 2.40 bits per heavy atom. The molecular weight excluding hydrogens is 330 g/mol. The van der Waals surface area contributed by atoms with E-state index in [0.717, 1.165) is 0 Å². The molecule has 1 aromatic heterocycles. The van der Waals surface area contributed by atoms with Gasteiger partial charge >= 0.3 is 11.8 Å². The van der Waals surface area contributed by atoms with E-state index in [1.807, 2.05) is 5.43 Å². The second-order valence-electron chi connectivity index (χ2n) is 4.74. The molecule has 0 atom stereocenters. The second kappa shape index (κ2) is 8.39. The smallest absolute Gasteiger partial charge is 0.327 e. The lowest BCUT2D eigenvalue weighted by Gasteiger charge is -2.10. The van der Waals surface area contributed by atoms with E-state index in [0.29, 0.717) is 17.3 Å². The first-order chi connectivity index (χ1) is 12.0. The number of hydrogen-bond donors (Lipinski definition) is 3. The van der Waals surface area contributed by atoms with E-state index >= 15 is 0 Å². The molecule has 2 aromatic rings. The highest BCUT2D eigenvalue weighted by molar-refractivity contribution is 6.35. The number of hydrogen-bond acceptors (Lipinski definition) is 6. The van der Waals surface area contributed by atoms with Crippen molar-refractivity contribution in [2.75, 3.05) is 14.2 Å². The van der Waals surface area contributed by atoms with Crippen LogP contribution in [-0.2, 0) is 16.1 Å². The van der Waals surface area contributed by atoms with Crippen LogP contribution in [0.2, 0.25) is 0 Å². The van der Waals surface area contributed by atoms with Gasteiger partial charge in [-0.15, -0.1) is 0 Å². The molecule has 0 aliphatic heterocycles. The number of amides is 3. The third kappa shape index (κ3) is 4.74. The zero-order chi connectivity index (χ0) is 18.2. The van der Waals surface area contributed by atoms with Crippen LogP contribution in [0.25, 0.3) is 0 Å². The number of carbonyl (C=O) groups excluding carboxylic acids is 3. The lowest BCUT2D eigenvalue weighted by molar-refractivity contribution is -0.139. The number of furan rings is 1. The first-order valence-corrected chi connectivity index (χ1v) is 7.18. The molecule has 0 radical (unpaired) electrons. The van der Waals surface area contributed by atoms with E-state index in [1.54, 1.807) is 18.2 Å². The van der Waals surface area contributed by atoms with Gasteiger partial charge in [0.15, 0.2) is 11.5 Å². The SMILES string of the molecule is COc1ccc(C(=O)NNC(=O)C(=O)NCc2ccco2)cc1OC. The Morgan fingerprint density at radius 1 is 1.00 bits per heavy atom. The minimum atomic E-state index is -1.01. The zero-order valence-electron chi connectivity index (χ0n) is 13.6. The Kier molecular flexibility index (Phi) is 5.99. The summed E-state index contributed by atoms with van der Waals surface area (Å²) in [5, 5.41) is 2.35. The van der Waals surface area contributed by atoms with Crippen molar-refractivity contribution in [3.8, 4) is 11.5 Å². The van der Waals surface area contributed by atoms with E-state index < -0.39 is 17.7 Å². The van der Waals surface area contributed by atoms with Crippen LogP contribution in [-0.4, -0.2) is 31.9 Å². The largest absolute Gasteiger partial charge is 0.493 e. The van der Waals surface area contributed by atoms with Gasteiger partial charge in [-0.3, -0.25) is 25.2 Å². The monoisotopic (exact) mass is 347 g/mol. The molecule has 3 amide bonds. The minimum absolute atomic E-state index is 0.0584. The summed E-state index contributed by atoms with van der Waals surface area (Å²) in [5.74, 6) is -1.23. The average molecular weight is 347 g/mol. The number of hydrazine groups is 1. The molecule has 0 bridgehead atoms. The Bertz CT molecular complexity index is 757. The van der Waals surface area contributed by atoms with Gasteiger partial charge in [0.25, 0.3) is 5.91 Å². The van der Waals surface area contributed by atoms with Gasteiger partial charge < -0.3 is 19.2 Å². The number of carbonyl (C=O) groups is 3. The van der Waals surface area contributed by atoms with Gasteiger partial charge in [0.2, 0.25) is 0 Å². The number of nitrogens with one attached hydrogen (secondary N) is 3. The topological polar surface area (TPSA) is 119 Å². The maximum atomic E-state index is 12.0. The first-order valence-electron chi connectivity index (χ1n) is 7.18. The molecule has 132 valence electrons. The molecule has 1 aromatic carbocycles. The predicted molar refractivity (Wildman–Crippen MR) is 85.7 cm³/mol. The lowest BCUT2D eigenvalue weighted by atomic mass is 10.2. The molecule has 25 heavy (non-hydrogen) atoms. The fourth-order valence-corrected chi connectivity index (χ4v) is 1.88. The summed E-state index contributed by atoms with van der Waals surface area (Å²) in [7, 11) is 2.91. The Hall–Kier alpha value is -3.49. The van der Waals surface area contributed by atoms with Gasteiger partial charge in [-0.25, -0.2) is 0 Å². The van der Waals surface area contributed by atoms with Crippen molar-refractivity contribution in [2.24, 2.45) is 0 Å². The summed E-state index contributed by atoms with van der Waals surface area (Å²) in [6.45, 7) is 0.0584. The summed E-state index contributed by atoms with van der Waals surface area (Å²) in [5.41, 5.74) is 4.38. The third-order valence-corrected chi connectivity index (χ3v) is 3.14. The van der Waals surface area contributed by atoms with Crippen LogP contribution in [0, 0.1) is 0 Å². The molecule has 0 fully saturated rings. The predicted octanol–water partition coefficient (Wildman–Crippen LogP) is 0.374. The summed E-state index contributed by atoms with van der Waals surface area (Å²) < 4.78 is 15.2. The number of methoxy groups -OCH3 is 2. The highest BCUT2D eigenvalue weighted by Gasteiger charge is 2.16. The molecule has 2 rings (SSSR count). The third-order valence-electron chi connectivity index (χ3n) is 3.14. The average Bonchev–Trinajstić information content (AvgIpc) is 3.16. The molecule has 0 aliphatic carbocycles. The molecule has 0 unspecified atom stereocenters. The van der Waals surface area contributed by atoms with E-state index in [4.69, 9.17) is 13.9 Å². The van der Waals surface area contributed by atoms with Crippen molar-refractivity contribution in [3.63, 3.8) is 0 Å². The van der Waals surface area contributed by atoms with Gasteiger partial charge in [-0.05, 0) is 30.3 Å². The zero-order valence-corrected chi connectivity index (χ0v) is 13.6. The molecule has 0 aliphatic rings. The van der Waals surface area contributed by atoms with Crippen LogP contribution in [0.3, 0.4) is 0 Å². The lowest BCUT2D eigenvalue weighted by Crippen LogP contribution is -2.48. The van der Waals surface area contributed by atoms with Gasteiger partial charge in [0.1, 0.15) is 5.76 Å². The molecule has 0 saturated heterocycles. The fourth-order valence-electron chi connectivity index (χ4n) is 1.88. The molecule has 9 heteroatoms. The fraction of sp³-hybridized carbons (Fsp3) is 0.188. The minimum Gasteiger partial charge on any atom is -0.493 e. The summed E-state index contributed by atoms with van der Waals surface area (Å²) >= 11 is 0. The van der Waals surface area contributed by atoms with Crippen LogP contribution < -0.4 is 25.6 Å². The van der Waals surface area contributed by atoms with E-state index in [9.17, 15) is 14.4 Å². The molecule has 1 heterocycles. The highest BCUT2D eigenvalue weighted by atomic mass is 16.5. The molecule has 0 spiro atoms. The van der Waals surface area contributed by atoms with Crippen molar-refractivity contribution in [1.82, 2.24) is 16.2 Å². The standard InChI is InChI=1S/C16H17N3O6/c1-23-12-6-5-10(8-13(12)24-2)14(20)18-19-16(22)15(21)17-9-11-4-3-7-25-11/h3-8H,9H2,1-2H3,(H,17,21)(H,18,20)(H,19,22). The van der Waals surface area contributed by atoms with Gasteiger partial charge in [0, 0.05) is 5.56 Å². The van der Waals surface area contributed by atoms with Gasteiger partial charge in [0.05, 0.1) is 27.0 Å². The Balaban J connectivity index is 1.86. The summed E-state index contributed by atoms with van der Waals surface area (Å²) in [4.78, 5) is 35.3. The summed E-state index contributed by atoms with van der Waals surface area (Å²) in [6.07, 6.45) is 1.45. The maximum absolute atomic E-state index is 12.0. The van der Waals surface area contributed by atoms with Crippen LogP contribution in [0.1, 0.15) is 16.1 Å². The Labute approximate surface area is 143 Å². The Morgan fingerprint density at radius 2 is 1.76 bits per heavy atom. The van der Waals surface area contributed by atoms with Crippen molar-refractivity contribution in [1.29, 1.82) is 0 Å². The van der Waals surface area contributed by atoms with Gasteiger partial charge in [-0.1, -0.05) is 0 Å². The summed E-state index contributed by atoms with van der Waals surface area (Å²) in [6, 6.07) is 7.78. The molecule has 9 nitrogen and oxygen atoms in total. The van der Waals surface area contributed by atoms with Crippen molar-refractivity contribution in [3.05, 3.63) is 47.9 Å². The normalized spacial score (nSPS) is 9.84. The number of benzene rings is 1. The van der Waals surface area contributed by atoms with Crippen LogP contribution in [0.5, 0.6) is 11.5 Å². The quantitative estimate of drug-likeness (QED) is 0.531. The highest BCUT2D eigenvalue weighted by Crippen LogP contribution is 2.27.